The quantitative estimate of drug-likeness (QED) is 0.694. The first-order chi connectivity index (χ1) is 6.48. The highest BCUT2D eigenvalue weighted by molar-refractivity contribution is 5.87. The molecule has 1 aromatic carbocycles. The lowest BCUT2D eigenvalue weighted by Gasteiger charge is -2.23. The summed E-state index contributed by atoms with van der Waals surface area (Å²) in [6.45, 7) is 3.77. The first-order valence-corrected chi connectivity index (χ1v) is 4.56. The third-order valence-electron chi connectivity index (χ3n) is 2.43. The smallest absolute Gasteiger partial charge is 0.229 e. The van der Waals surface area contributed by atoms with E-state index in [2.05, 4.69) is 5.32 Å². The van der Waals surface area contributed by atoms with Crippen LogP contribution in [0.25, 0.3) is 0 Å². The largest absolute Gasteiger partial charge is 0.399 e. The minimum Gasteiger partial charge on any atom is -0.399 e. The standard InChI is InChI=1S/C11H16N2O/c1-11(2,10(14)13-3)8-4-6-9(12)7-5-8/h4-7H,12H2,1-3H3,(H,13,14). The summed E-state index contributed by atoms with van der Waals surface area (Å²) in [5.41, 5.74) is 6.74. The molecule has 0 aliphatic carbocycles. The van der Waals surface area contributed by atoms with E-state index in [0.29, 0.717) is 5.69 Å². The van der Waals surface area contributed by atoms with Gasteiger partial charge in [0, 0.05) is 12.7 Å². The number of anilines is 1. The summed E-state index contributed by atoms with van der Waals surface area (Å²) >= 11 is 0. The van der Waals surface area contributed by atoms with Crippen LogP contribution in [0.3, 0.4) is 0 Å². The van der Waals surface area contributed by atoms with E-state index in [9.17, 15) is 4.79 Å². The maximum atomic E-state index is 11.6. The van der Waals surface area contributed by atoms with E-state index in [4.69, 9.17) is 5.73 Å². The molecule has 3 nitrogen and oxygen atoms in total. The molecule has 1 aromatic rings. The van der Waals surface area contributed by atoms with E-state index in [1.165, 1.54) is 0 Å². The molecular formula is C11H16N2O. The van der Waals surface area contributed by atoms with Gasteiger partial charge in [-0.1, -0.05) is 12.1 Å². The molecule has 0 fully saturated rings. The Labute approximate surface area is 84.3 Å². The van der Waals surface area contributed by atoms with Crippen LogP contribution in [0, 0.1) is 0 Å². The van der Waals surface area contributed by atoms with Crippen LogP contribution in [0.2, 0.25) is 0 Å². The zero-order valence-electron chi connectivity index (χ0n) is 8.79. The lowest BCUT2D eigenvalue weighted by Crippen LogP contribution is -2.37. The summed E-state index contributed by atoms with van der Waals surface area (Å²) in [6, 6.07) is 7.37. The van der Waals surface area contributed by atoms with Gasteiger partial charge in [0.25, 0.3) is 0 Å². The highest BCUT2D eigenvalue weighted by Gasteiger charge is 2.28. The van der Waals surface area contributed by atoms with Crippen molar-refractivity contribution in [2.45, 2.75) is 19.3 Å². The molecule has 0 heterocycles. The van der Waals surface area contributed by atoms with Crippen LogP contribution >= 0.6 is 0 Å². The summed E-state index contributed by atoms with van der Waals surface area (Å²) in [7, 11) is 1.64. The third kappa shape index (κ3) is 1.87. The number of rotatable bonds is 2. The Morgan fingerprint density at radius 3 is 2.21 bits per heavy atom. The summed E-state index contributed by atoms with van der Waals surface area (Å²) in [6.07, 6.45) is 0. The molecule has 76 valence electrons. The summed E-state index contributed by atoms with van der Waals surface area (Å²) < 4.78 is 0. The molecule has 0 atom stereocenters. The van der Waals surface area contributed by atoms with Gasteiger partial charge in [-0.25, -0.2) is 0 Å². The molecule has 3 heteroatoms. The molecule has 0 unspecified atom stereocenters. The number of nitrogens with one attached hydrogen (secondary N) is 1. The van der Waals surface area contributed by atoms with Gasteiger partial charge in [0.1, 0.15) is 0 Å². The molecule has 0 radical (unpaired) electrons. The van der Waals surface area contributed by atoms with Gasteiger partial charge in [-0.15, -0.1) is 0 Å². The van der Waals surface area contributed by atoms with E-state index in [0.717, 1.165) is 5.56 Å². The Hall–Kier alpha value is -1.51. The topological polar surface area (TPSA) is 55.1 Å². The summed E-state index contributed by atoms with van der Waals surface area (Å²) in [5, 5.41) is 2.65. The van der Waals surface area contributed by atoms with Gasteiger partial charge in [-0.2, -0.15) is 0 Å². The van der Waals surface area contributed by atoms with E-state index in [1.807, 2.05) is 26.0 Å². The van der Waals surface area contributed by atoms with E-state index < -0.39 is 5.41 Å². The molecular weight excluding hydrogens is 176 g/mol. The van der Waals surface area contributed by atoms with Crippen LogP contribution in [0.4, 0.5) is 5.69 Å². The number of carbonyl (C=O) groups excluding carboxylic acids is 1. The molecule has 3 N–H and O–H groups in total. The molecule has 0 saturated heterocycles. The van der Waals surface area contributed by atoms with E-state index in [1.54, 1.807) is 19.2 Å². The average Bonchev–Trinajstić information content (AvgIpc) is 2.17. The van der Waals surface area contributed by atoms with Gasteiger partial charge in [-0.3, -0.25) is 4.79 Å². The summed E-state index contributed by atoms with van der Waals surface area (Å²) in [4.78, 5) is 11.6. The van der Waals surface area contributed by atoms with Gasteiger partial charge in [-0.05, 0) is 31.5 Å². The fourth-order valence-corrected chi connectivity index (χ4v) is 1.34. The normalized spacial score (nSPS) is 11.1. The van der Waals surface area contributed by atoms with Crippen LogP contribution < -0.4 is 11.1 Å². The predicted molar refractivity (Wildman–Crippen MR) is 57.9 cm³/mol. The van der Waals surface area contributed by atoms with E-state index >= 15 is 0 Å². The highest BCUT2D eigenvalue weighted by Crippen LogP contribution is 2.23. The lowest BCUT2D eigenvalue weighted by atomic mass is 9.84. The predicted octanol–water partition coefficient (Wildman–Crippen LogP) is 1.29. The number of hydrogen-bond acceptors (Lipinski definition) is 2. The minimum atomic E-state index is -0.511. The van der Waals surface area contributed by atoms with Crippen LogP contribution in [0.5, 0.6) is 0 Å². The van der Waals surface area contributed by atoms with Gasteiger partial charge >= 0.3 is 0 Å². The SMILES string of the molecule is CNC(=O)C(C)(C)c1ccc(N)cc1. The van der Waals surface area contributed by atoms with Crippen molar-refractivity contribution in [1.82, 2.24) is 5.32 Å². The molecule has 0 aliphatic rings. The number of benzene rings is 1. The number of likely N-dealkylation sites (N-methyl/N-ethyl adjacent to an activating group) is 1. The molecule has 14 heavy (non-hydrogen) atoms. The first-order valence-electron chi connectivity index (χ1n) is 4.56. The number of nitrogens with two attached hydrogens (primary N) is 1. The van der Waals surface area contributed by atoms with Crippen LogP contribution in [0.15, 0.2) is 24.3 Å². The van der Waals surface area contributed by atoms with Crippen molar-refractivity contribution in [3.8, 4) is 0 Å². The monoisotopic (exact) mass is 192 g/mol. The average molecular weight is 192 g/mol. The maximum absolute atomic E-state index is 11.6. The highest BCUT2D eigenvalue weighted by atomic mass is 16.2. The van der Waals surface area contributed by atoms with Crippen molar-refractivity contribution in [2.24, 2.45) is 0 Å². The molecule has 0 spiro atoms. The van der Waals surface area contributed by atoms with Crippen molar-refractivity contribution in [3.05, 3.63) is 29.8 Å². The van der Waals surface area contributed by atoms with Crippen molar-refractivity contribution >= 4 is 11.6 Å². The van der Waals surface area contributed by atoms with Crippen molar-refractivity contribution in [3.63, 3.8) is 0 Å². The van der Waals surface area contributed by atoms with Crippen LogP contribution in [-0.2, 0) is 10.2 Å². The van der Waals surface area contributed by atoms with E-state index in [-0.39, 0.29) is 5.91 Å². The Bertz CT molecular complexity index is 328. The Morgan fingerprint density at radius 1 is 1.29 bits per heavy atom. The molecule has 0 aromatic heterocycles. The molecule has 1 rings (SSSR count). The summed E-state index contributed by atoms with van der Waals surface area (Å²) in [5.74, 6) is 0.00210. The first kappa shape index (κ1) is 10.6. The Balaban J connectivity index is 3.03. The number of nitrogen functional groups attached to an aromatic ring is 1. The van der Waals surface area contributed by atoms with Crippen LogP contribution in [0.1, 0.15) is 19.4 Å². The second kappa shape index (κ2) is 3.70. The second-order valence-electron chi connectivity index (χ2n) is 3.83. The lowest BCUT2D eigenvalue weighted by molar-refractivity contribution is -0.125. The van der Waals surface area contributed by atoms with Gasteiger partial charge in [0.15, 0.2) is 0 Å². The zero-order valence-corrected chi connectivity index (χ0v) is 8.79. The van der Waals surface area contributed by atoms with Crippen molar-refractivity contribution in [1.29, 1.82) is 0 Å². The van der Waals surface area contributed by atoms with Gasteiger partial charge in [0.2, 0.25) is 5.91 Å². The van der Waals surface area contributed by atoms with Crippen LogP contribution in [-0.4, -0.2) is 13.0 Å². The second-order valence-corrected chi connectivity index (χ2v) is 3.83. The third-order valence-corrected chi connectivity index (χ3v) is 2.43. The fraction of sp³-hybridized carbons (Fsp3) is 0.364. The molecule has 0 saturated carbocycles. The molecule has 0 bridgehead atoms. The zero-order chi connectivity index (χ0) is 10.8. The maximum Gasteiger partial charge on any atom is 0.229 e. The number of amides is 1. The van der Waals surface area contributed by atoms with Crippen molar-refractivity contribution < 1.29 is 4.79 Å². The molecule has 1 amide bonds. The number of hydrogen-bond donors (Lipinski definition) is 2. The fourth-order valence-electron chi connectivity index (χ4n) is 1.34. The van der Waals surface area contributed by atoms with Gasteiger partial charge in [0.05, 0.1) is 5.41 Å². The minimum absolute atomic E-state index is 0.00210. The van der Waals surface area contributed by atoms with Crippen molar-refractivity contribution in [2.75, 3.05) is 12.8 Å². The molecule has 0 aliphatic heterocycles. The van der Waals surface area contributed by atoms with Gasteiger partial charge < -0.3 is 11.1 Å². The Kier molecular flexibility index (Phi) is 2.79. The Morgan fingerprint density at radius 2 is 1.79 bits per heavy atom. The number of carbonyl (C=O) groups is 1.